The zero-order valence-corrected chi connectivity index (χ0v) is 11.3. The van der Waals surface area contributed by atoms with Gasteiger partial charge in [0.2, 0.25) is 11.9 Å². The van der Waals surface area contributed by atoms with Crippen molar-refractivity contribution in [3.63, 3.8) is 0 Å². The van der Waals surface area contributed by atoms with Crippen molar-refractivity contribution in [3.05, 3.63) is 45.7 Å². The number of nitrogen functional groups attached to an aromatic ring is 1. The lowest BCUT2D eigenvalue weighted by atomic mass is 9.86. The Balaban J connectivity index is 2.22. The number of H-pyrrole nitrogens is 1. The van der Waals surface area contributed by atoms with E-state index < -0.39 is 5.92 Å². The number of fused-ring (bicyclic) bond motifs is 1. The Morgan fingerprint density at radius 1 is 1.33 bits per heavy atom. The molecule has 0 spiro atoms. The summed E-state index contributed by atoms with van der Waals surface area (Å²) in [6, 6.07) is 7.29. The van der Waals surface area contributed by atoms with Crippen LogP contribution in [0, 0.1) is 0 Å². The highest BCUT2D eigenvalue weighted by atomic mass is 16.5. The fourth-order valence-corrected chi connectivity index (χ4v) is 2.61. The Labute approximate surface area is 120 Å². The van der Waals surface area contributed by atoms with E-state index in [9.17, 15) is 9.59 Å². The number of hydrogen-bond acceptors (Lipinski definition) is 5. The predicted octanol–water partition coefficient (Wildman–Crippen LogP) is 0.835. The van der Waals surface area contributed by atoms with Gasteiger partial charge in [-0.2, -0.15) is 4.98 Å². The molecule has 0 saturated carbocycles. The lowest BCUT2D eigenvalue weighted by molar-refractivity contribution is -0.116. The maximum absolute atomic E-state index is 12.2. The van der Waals surface area contributed by atoms with Crippen molar-refractivity contribution < 1.29 is 9.53 Å². The molecule has 7 nitrogen and oxygen atoms in total. The third-order valence-corrected chi connectivity index (χ3v) is 3.48. The fraction of sp³-hybridized carbons (Fsp3) is 0.214. The number of carbonyl (C=O) groups excluding carboxylic acids is 1. The van der Waals surface area contributed by atoms with Gasteiger partial charge < -0.3 is 15.8 Å². The molecule has 1 aliphatic rings. The molecule has 1 unspecified atom stereocenters. The maximum atomic E-state index is 12.2. The second-order valence-electron chi connectivity index (χ2n) is 4.76. The van der Waals surface area contributed by atoms with E-state index >= 15 is 0 Å². The van der Waals surface area contributed by atoms with Crippen LogP contribution in [0.5, 0.6) is 5.75 Å². The Bertz CT molecular complexity index is 769. The van der Waals surface area contributed by atoms with E-state index in [1.807, 2.05) is 18.2 Å². The molecule has 0 fully saturated rings. The first kappa shape index (κ1) is 13.2. The van der Waals surface area contributed by atoms with Crippen LogP contribution in [0.2, 0.25) is 0 Å². The lowest BCUT2D eigenvalue weighted by Gasteiger charge is -2.25. The van der Waals surface area contributed by atoms with Crippen molar-refractivity contribution in [1.29, 1.82) is 0 Å². The molecular formula is C14H14N4O3. The topological polar surface area (TPSA) is 110 Å². The number of benzene rings is 1. The largest absolute Gasteiger partial charge is 0.496 e. The smallest absolute Gasteiger partial charge is 0.258 e. The summed E-state index contributed by atoms with van der Waals surface area (Å²) in [5.41, 5.74) is 6.34. The number of nitrogens with two attached hydrogens (primary N) is 1. The molecule has 1 amide bonds. The Morgan fingerprint density at radius 3 is 2.86 bits per heavy atom. The molecule has 0 aliphatic carbocycles. The minimum atomic E-state index is -0.415. The minimum absolute atomic E-state index is 0.0280. The van der Waals surface area contributed by atoms with Crippen LogP contribution in [0.3, 0.4) is 0 Å². The van der Waals surface area contributed by atoms with E-state index in [0.29, 0.717) is 11.3 Å². The highest BCUT2D eigenvalue weighted by Gasteiger charge is 2.32. The third kappa shape index (κ3) is 2.22. The van der Waals surface area contributed by atoms with E-state index in [1.54, 1.807) is 13.2 Å². The highest BCUT2D eigenvalue weighted by Crippen LogP contribution is 2.37. The first-order chi connectivity index (χ1) is 10.1. The SMILES string of the molecule is COc1ccccc1C1CC(=O)Nc2nc(N)[nH]c(=O)c21. The summed E-state index contributed by atoms with van der Waals surface area (Å²) in [5, 5.41) is 2.59. The summed E-state index contributed by atoms with van der Waals surface area (Å²) in [7, 11) is 1.55. The van der Waals surface area contributed by atoms with Gasteiger partial charge in [0, 0.05) is 17.9 Å². The molecule has 1 aliphatic heterocycles. The number of para-hydroxylation sites is 1. The molecule has 21 heavy (non-hydrogen) atoms. The quantitative estimate of drug-likeness (QED) is 0.757. The minimum Gasteiger partial charge on any atom is -0.496 e. The van der Waals surface area contributed by atoms with Crippen LogP contribution in [-0.4, -0.2) is 23.0 Å². The normalized spacial score (nSPS) is 17.0. The molecule has 1 aromatic carbocycles. The number of anilines is 2. The summed E-state index contributed by atoms with van der Waals surface area (Å²) >= 11 is 0. The number of carbonyl (C=O) groups is 1. The number of rotatable bonds is 2. The number of hydrogen-bond donors (Lipinski definition) is 3. The molecule has 0 bridgehead atoms. The second-order valence-corrected chi connectivity index (χ2v) is 4.76. The zero-order valence-electron chi connectivity index (χ0n) is 11.3. The van der Waals surface area contributed by atoms with Crippen molar-refractivity contribution in [2.75, 3.05) is 18.2 Å². The average molecular weight is 286 g/mol. The first-order valence-corrected chi connectivity index (χ1v) is 6.42. The number of aromatic amines is 1. The van der Waals surface area contributed by atoms with E-state index in [0.717, 1.165) is 5.56 Å². The summed E-state index contributed by atoms with van der Waals surface area (Å²) in [5.74, 6) is 0.181. The molecule has 2 heterocycles. The van der Waals surface area contributed by atoms with Gasteiger partial charge in [-0.25, -0.2) is 0 Å². The van der Waals surface area contributed by atoms with E-state index in [2.05, 4.69) is 15.3 Å². The van der Waals surface area contributed by atoms with E-state index in [1.165, 1.54) is 0 Å². The van der Waals surface area contributed by atoms with Crippen molar-refractivity contribution in [3.8, 4) is 5.75 Å². The van der Waals surface area contributed by atoms with Gasteiger partial charge in [-0.3, -0.25) is 14.6 Å². The van der Waals surface area contributed by atoms with Crippen LogP contribution >= 0.6 is 0 Å². The number of aromatic nitrogens is 2. The summed E-state index contributed by atoms with van der Waals surface area (Å²) in [6.07, 6.45) is 0.155. The monoisotopic (exact) mass is 286 g/mol. The lowest BCUT2D eigenvalue weighted by Crippen LogP contribution is -2.31. The first-order valence-electron chi connectivity index (χ1n) is 6.42. The standard InChI is InChI=1S/C14H14N4O3/c1-21-9-5-3-2-4-7(9)8-6-10(19)16-12-11(8)13(20)18-14(15)17-12/h2-5,8H,6H2,1H3,(H4,15,16,17,18,19,20). The number of nitrogens with zero attached hydrogens (tertiary/aromatic N) is 1. The van der Waals surface area contributed by atoms with Crippen LogP contribution < -0.4 is 21.3 Å². The van der Waals surface area contributed by atoms with Crippen molar-refractivity contribution in [2.45, 2.75) is 12.3 Å². The van der Waals surface area contributed by atoms with Crippen LogP contribution in [0.25, 0.3) is 0 Å². The molecule has 2 aromatic rings. The Morgan fingerprint density at radius 2 is 2.10 bits per heavy atom. The van der Waals surface area contributed by atoms with Crippen molar-refractivity contribution >= 4 is 17.7 Å². The van der Waals surface area contributed by atoms with E-state index in [4.69, 9.17) is 10.5 Å². The summed E-state index contributed by atoms with van der Waals surface area (Å²) in [4.78, 5) is 30.6. The van der Waals surface area contributed by atoms with Crippen LogP contribution in [0.4, 0.5) is 11.8 Å². The molecule has 1 atom stereocenters. The number of methoxy groups -OCH3 is 1. The summed E-state index contributed by atoms with van der Waals surface area (Å²) in [6.45, 7) is 0. The number of ether oxygens (including phenoxy) is 1. The average Bonchev–Trinajstić information content (AvgIpc) is 2.45. The predicted molar refractivity (Wildman–Crippen MR) is 77.4 cm³/mol. The molecule has 1 aromatic heterocycles. The van der Waals surface area contributed by atoms with Gasteiger partial charge in [0.05, 0.1) is 12.7 Å². The van der Waals surface area contributed by atoms with Crippen molar-refractivity contribution in [1.82, 2.24) is 9.97 Å². The van der Waals surface area contributed by atoms with E-state index in [-0.39, 0.29) is 29.7 Å². The van der Waals surface area contributed by atoms with Crippen LogP contribution in [0.15, 0.2) is 29.1 Å². The van der Waals surface area contributed by atoms with Crippen LogP contribution in [-0.2, 0) is 4.79 Å². The molecule has 108 valence electrons. The van der Waals surface area contributed by atoms with Crippen LogP contribution in [0.1, 0.15) is 23.5 Å². The molecule has 4 N–H and O–H groups in total. The highest BCUT2D eigenvalue weighted by molar-refractivity contribution is 5.94. The molecule has 7 heteroatoms. The molecule has 0 saturated heterocycles. The fourth-order valence-electron chi connectivity index (χ4n) is 2.61. The second kappa shape index (κ2) is 4.93. The Kier molecular flexibility index (Phi) is 3.09. The maximum Gasteiger partial charge on any atom is 0.258 e. The van der Waals surface area contributed by atoms with Gasteiger partial charge in [0.15, 0.2) is 0 Å². The van der Waals surface area contributed by atoms with Gasteiger partial charge in [0.25, 0.3) is 5.56 Å². The molecular weight excluding hydrogens is 272 g/mol. The Hall–Kier alpha value is -2.83. The molecule has 0 radical (unpaired) electrons. The van der Waals surface area contributed by atoms with Gasteiger partial charge in [0.1, 0.15) is 11.6 Å². The van der Waals surface area contributed by atoms with Gasteiger partial charge in [-0.05, 0) is 6.07 Å². The van der Waals surface area contributed by atoms with Gasteiger partial charge >= 0.3 is 0 Å². The number of nitrogens with one attached hydrogen (secondary N) is 2. The van der Waals surface area contributed by atoms with Gasteiger partial charge in [-0.1, -0.05) is 18.2 Å². The third-order valence-electron chi connectivity index (χ3n) is 3.48. The van der Waals surface area contributed by atoms with Gasteiger partial charge in [-0.15, -0.1) is 0 Å². The number of amides is 1. The van der Waals surface area contributed by atoms with Crippen molar-refractivity contribution in [2.24, 2.45) is 0 Å². The zero-order chi connectivity index (χ0) is 15.0. The summed E-state index contributed by atoms with van der Waals surface area (Å²) < 4.78 is 5.32. The molecule has 3 rings (SSSR count).